The van der Waals surface area contributed by atoms with Gasteiger partial charge < -0.3 is 21.6 Å². The van der Waals surface area contributed by atoms with Crippen molar-refractivity contribution in [3.05, 3.63) is 5.73 Å². The van der Waals surface area contributed by atoms with E-state index in [9.17, 15) is 9.59 Å². The van der Waals surface area contributed by atoms with Gasteiger partial charge in [-0.05, 0) is 25.8 Å². The molecule has 0 aliphatic carbocycles. The number of nitrogens with one attached hydrogen (secondary N) is 2. The molecule has 2 amide bonds. The summed E-state index contributed by atoms with van der Waals surface area (Å²) in [5.41, 5.74) is 12.3. The second-order valence-corrected chi connectivity index (χ2v) is 3.83. The molecule has 1 atom stereocenters. The molecular weight excluding hydrogens is 402 g/mol. The summed E-state index contributed by atoms with van der Waals surface area (Å²) in [4.78, 5) is 21.8. The van der Waals surface area contributed by atoms with Gasteiger partial charge in [0.1, 0.15) is 0 Å². The average molecular weight is 428 g/mol. The van der Waals surface area contributed by atoms with Crippen LogP contribution in [0.1, 0.15) is 52.9 Å². The van der Waals surface area contributed by atoms with Crippen molar-refractivity contribution in [1.29, 1.82) is 0 Å². The average Bonchev–Trinajstić information content (AvgIpc) is 2.28. The summed E-state index contributed by atoms with van der Waals surface area (Å²) in [7, 11) is 0. The first-order chi connectivity index (χ1) is 8.03. The Labute approximate surface area is 125 Å². The van der Waals surface area contributed by atoms with Crippen LogP contribution in [0.5, 0.6) is 0 Å². The van der Waals surface area contributed by atoms with Crippen LogP contribution in [0.2, 0.25) is 0 Å². The maximum atomic E-state index is 11.0. The standard InChI is InChI=1S/C9H19N3O2.C3H8.W/c1-2-8(13)12-7(9(11)14)5-3-4-6-10;1-3-2;/h7H,2-6,10H2,1H3,(H3,11,12,13,14);3H2,1-2H3;/p-1. The SMILES string of the molecule is CCC.CCC(=O)NC(CCCCN)C([NH-])=O.[W]. The fourth-order valence-electron chi connectivity index (χ4n) is 1.06. The Morgan fingerprint density at radius 2 is 1.72 bits per heavy atom. The molecule has 0 aromatic carbocycles. The van der Waals surface area contributed by atoms with Crippen molar-refractivity contribution in [2.75, 3.05) is 6.54 Å². The van der Waals surface area contributed by atoms with Crippen LogP contribution in [0.15, 0.2) is 0 Å². The second-order valence-electron chi connectivity index (χ2n) is 3.83. The molecule has 5 nitrogen and oxygen atoms in total. The molecule has 4 N–H and O–H groups in total. The Balaban J connectivity index is -0.000000507. The molecule has 0 saturated carbocycles. The van der Waals surface area contributed by atoms with Gasteiger partial charge in [-0.1, -0.05) is 27.2 Å². The molecular formula is C12H26N3O2W-. The van der Waals surface area contributed by atoms with Gasteiger partial charge in [0.05, 0.1) is 11.9 Å². The van der Waals surface area contributed by atoms with Gasteiger partial charge >= 0.3 is 0 Å². The molecule has 0 rings (SSSR count). The zero-order valence-electron chi connectivity index (χ0n) is 11.6. The van der Waals surface area contributed by atoms with Gasteiger partial charge in [0.2, 0.25) is 5.91 Å². The molecule has 0 aromatic rings. The molecule has 0 aliphatic heterocycles. The van der Waals surface area contributed by atoms with Crippen LogP contribution in [-0.2, 0) is 30.7 Å². The van der Waals surface area contributed by atoms with Crippen molar-refractivity contribution in [1.82, 2.24) is 5.32 Å². The van der Waals surface area contributed by atoms with Crippen molar-refractivity contribution in [2.45, 2.75) is 58.9 Å². The number of carbonyl (C=O) groups is 2. The van der Waals surface area contributed by atoms with Crippen LogP contribution in [0.3, 0.4) is 0 Å². The molecule has 1 unspecified atom stereocenters. The summed E-state index contributed by atoms with van der Waals surface area (Å²) >= 11 is 0. The van der Waals surface area contributed by atoms with Crippen LogP contribution in [0, 0.1) is 0 Å². The van der Waals surface area contributed by atoms with Crippen molar-refractivity contribution in [3.63, 3.8) is 0 Å². The normalized spacial score (nSPS) is 10.4. The minimum atomic E-state index is -0.733. The number of carbonyl (C=O) groups excluding carboxylic acids is 2. The van der Waals surface area contributed by atoms with Gasteiger partial charge in [-0.25, -0.2) is 0 Å². The Morgan fingerprint density at radius 1 is 1.22 bits per heavy atom. The van der Waals surface area contributed by atoms with Gasteiger partial charge in [0, 0.05) is 27.5 Å². The van der Waals surface area contributed by atoms with Crippen LogP contribution in [-0.4, -0.2) is 24.4 Å². The number of hydrogen-bond acceptors (Lipinski definition) is 3. The molecule has 6 heteroatoms. The van der Waals surface area contributed by atoms with E-state index in [4.69, 9.17) is 11.5 Å². The molecule has 0 heterocycles. The van der Waals surface area contributed by atoms with Crippen LogP contribution >= 0.6 is 0 Å². The maximum Gasteiger partial charge on any atom is 0.220 e. The van der Waals surface area contributed by atoms with E-state index in [1.807, 2.05) is 0 Å². The summed E-state index contributed by atoms with van der Waals surface area (Å²) in [5, 5.41) is 2.51. The monoisotopic (exact) mass is 428 g/mol. The predicted molar refractivity (Wildman–Crippen MR) is 70.4 cm³/mol. The molecule has 0 fully saturated rings. The summed E-state index contributed by atoms with van der Waals surface area (Å²) in [5.74, 6) is -0.924. The van der Waals surface area contributed by atoms with Gasteiger partial charge in [0.25, 0.3) is 0 Å². The molecule has 0 radical (unpaired) electrons. The summed E-state index contributed by atoms with van der Waals surface area (Å²) in [6.07, 6.45) is 3.66. The third-order valence-corrected chi connectivity index (χ3v) is 1.92. The topological polar surface area (TPSA) is 96.0 Å². The molecule has 18 heavy (non-hydrogen) atoms. The van der Waals surface area contributed by atoms with Crippen molar-refractivity contribution in [2.24, 2.45) is 5.73 Å². The number of nitrogens with two attached hydrogens (primary N) is 1. The van der Waals surface area contributed by atoms with E-state index in [0.717, 1.165) is 12.8 Å². The van der Waals surface area contributed by atoms with Crippen molar-refractivity contribution >= 4 is 11.8 Å². The van der Waals surface area contributed by atoms with Crippen LogP contribution in [0.25, 0.3) is 5.73 Å². The quantitative estimate of drug-likeness (QED) is 0.608. The fourth-order valence-corrected chi connectivity index (χ4v) is 1.06. The largest absolute Gasteiger partial charge is 0.666 e. The molecule has 0 spiro atoms. The predicted octanol–water partition coefficient (Wildman–Crippen LogP) is 2.00. The van der Waals surface area contributed by atoms with E-state index in [0.29, 0.717) is 19.4 Å². The number of hydrogen-bond donors (Lipinski definition) is 2. The number of amides is 2. The zero-order chi connectivity index (χ0) is 13.7. The minimum absolute atomic E-state index is 0. The van der Waals surface area contributed by atoms with Gasteiger partial charge in [-0.3, -0.25) is 4.79 Å². The Bertz CT molecular complexity index is 213. The zero-order valence-corrected chi connectivity index (χ0v) is 14.6. The molecule has 0 aromatic heterocycles. The Morgan fingerprint density at radius 3 is 2.06 bits per heavy atom. The molecule has 0 saturated heterocycles. The first-order valence-corrected chi connectivity index (χ1v) is 6.28. The molecule has 0 aliphatic rings. The van der Waals surface area contributed by atoms with Crippen molar-refractivity contribution < 1.29 is 30.7 Å². The third-order valence-electron chi connectivity index (χ3n) is 1.92. The number of unbranched alkanes of at least 4 members (excludes halogenated alkanes) is 1. The second kappa shape index (κ2) is 16.6. The Kier molecular flexibility index (Phi) is 21.0. The van der Waals surface area contributed by atoms with E-state index in [1.54, 1.807) is 6.92 Å². The smallest absolute Gasteiger partial charge is 0.220 e. The van der Waals surface area contributed by atoms with Gasteiger partial charge in [-0.2, -0.15) is 0 Å². The van der Waals surface area contributed by atoms with Crippen molar-refractivity contribution in [3.8, 4) is 0 Å². The van der Waals surface area contributed by atoms with Gasteiger partial charge in [-0.15, -0.1) is 0 Å². The van der Waals surface area contributed by atoms with E-state index in [2.05, 4.69) is 19.2 Å². The van der Waals surface area contributed by atoms with Gasteiger partial charge in [0.15, 0.2) is 0 Å². The van der Waals surface area contributed by atoms with E-state index < -0.39 is 11.9 Å². The van der Waals surface area contributed by atoms with E-state index in [-0.39, 0.29) is 27.0 Å². The summed E-state index contributed by atoms with van der Waals surface area (Å²) in [6.45, 7) is 6.53. The number of rotatable bonds is 7. The van der Waals surface area contributed by atoms with E-state index >= 15 is 0 Å². The fraction of sp³-hybridized carbons (Fsp3) is 0.833. The maximum absolute atomic E-state index is 11.0. The summed E-state index contributed by atoms with van der Waals surface area (Å²) < 4.78 is 0. The molecule has 108 valence electrons. The van der Waals surface area contributed by atoms with E-state index in [1.165, 1.54) is 6.42 Å². The minimum Gasteiger partial charge on any atom is -0.666 e. The first kappa shape index (κ1) is 22.7. The van der Waals surface area contributed by atoms with Crippen LogP contribution < -0.4 is 11.1 Å². The molecule has 0 bridgehead atoms. The first-order valence-electron chi connectivity index (χ1n) is 6.28. The third kappa shape index (κ3) is 15.6. The Hall–Kier alpha value is -0.412. The van der Waals surface area contributed by atoms with Crippen LogP contribution in [0.4, 0.5) is 0 Å². The summed E-state index contributed by atoms with van der Waals surface area (Å²) in [6, 6.07) is -0.658.